The third kappa shape index (κ3) is 4.67. The summed E-state index contributed by atoms with van der Waals surface area (Å²) in [4.78, 5) is 16.1. The number of aromatic carboxylic acids is 1. The fourth-order valence-corrected chi connectivity index (χ4v) is 5.78. The monoisotopic (exact) mass is 547 g/mol. The van der Waals surface area contributed by atoms with Crippen molar-refractivity contribution in [2.75, 3.05) is 0 Å². The zero-order valence-corrected chi connectivity index (χ0v) is 24.2. The van der Waals surface area contributed by atoms with Crippen molar-refractivity contribution in [3.8, 4) is 16.9 Å². The molecule has 0 aliphatic carbocycles. The van der Waals surface area contributed by atoms with Crippen molar-refractivity contribution in [3.05, 3.63) is 88.5 Å². The number of fused-ring (bicyclic) bond motifs is 2. The van der Waals surface area contributed by atoms with Gasteiger partial charge in [-0.25, -0.2) is 14.5 Å². The summed E-state index contributed by atoms with van der Waals surface area (Å²) in [7, 11) is 1.90. The number of rotatable bonds is 7. The van der Waals surface area contributed by atoms with Crippen molar-refractivity contribution in [1.82, 2.24) is 34.3 Å². The van der Waals surface area contributed by atoms with Gasteiger partial charge in [-0.15, -0.1) is 0 Å². The lowest BCUT2D eigenvalue weighted by molar-refractivity contribution is 0.0696. The van der Waals surface area contributed by atoms with Gasteiger partial charge in [0.15, 0.2) is 5.65 Å². The number of benzene rings is 2. The molecule has 41 heavy (non-hydrogen) atoms. The Morgan fingerprint density at radius 2 is 1.80 bits per heavy atom. The Balaban J connectivity index is 1.39. The van der Waals surface area contributed by atoms with Crippen molar-refractivity contribution in [2.24, 2.45) is 7.05 Å². The van der Waals surface area contributed by atoms with E-state index in [1.54, 1.807) is 10.7 Å². The van der Waals surface area contributed by atoms with Gasteiger partial charge in [-0.1, -0.05) is 38.1 Å². The third-order valence-corrected chi connectivity index (χ3v) is 7.74. The van der Waals surface area contributed by atoms with E-state index in [1.165, 1.54) is 5.56 Å². The maximum absolute atomic E-state index is 11.4. The number of aryl methyl sites for hydroxylation is 5. The highest BCUT2D eigenvalue weighted by Crippen LogP contribution is 2.36. The van der Waals surface area contributed by atoms with E-state index in [4.69, 9.17) is 15.2 Å². The van der Waals surface area contributed by atoms with E-state index in [-0.39, 0.29) is 5.92 Å². The summed E-state index contributed by atoms with van der Waals surface area (Å²) < 4.78 is 5.77. The Labute approximate surface area is 238 Å². The first-order chi connectivity index (χ1) is 19.6. The van der Waals surface area contributed by atoms with Crippen LogP contribution in [-0.4, -0.2) is 45.4 Å². The average molecular weight is 548 g/mol. The van der Waals surface area contributed by atoms with Gasteiger partial charge < -0.3 is 5.11 Å². The first-order valence-electron chi connectivity index (χ1n) is 13.8. The number of carboxylic acids is 1. The molecule has 6 rings (SSSR count). The normalized spacial score (nSPS) is 11.8. The molecule has 0 saturated heterocycles. The fraction of sp³-hybridized carbons (Fsp3) is 0.281. The van der Waals surface area contributed by atoms with Gasteiger partial charge in [0.05, 0.1) is 28.2 Å². The molecule has 0 fully saturated rings. The molecule has 6 aromatic rings. The second kappa shape index (κ2) is 9.99. The second-order valence-corrected chi connectivity index (χ2v) is 11.1. The zero-order chi connectivity index (χ0) is 29.0. The lowest BCUT2D eigenvalue weighted by atomic mass is 9.95. The molecule has 2 aromatic carbocycles. The first kappa shape index (κ1) is 26.4. The number of aromatic nitrogens is 7. The first-order valence-corrected chi connectivity index (χ1v) is 13.8. The molecule has 208 valence electrons. The topological polar surface area (TPSA) is 104 Å². The largest absolute Gasteiger partial charge is 0.478 e. The van der Waals surface area contributed by atoms with Crippen molar-refractivity contribution in [2.45, 2.75) is 53.5 Å². The van der Waals surface area contributed by atoms with Crippen molar-refractivity contribution in [1.29, 1.82) is 0 Å². The molecular weight excluding hydrogens is 514 g/mol. The molecule has 0 amide bonds. The highest BCUT2D eigenvalue weighted by atomic mass is 16.4. The average Bonchev–Trinajstić information content (AvgIpc) is 3.60. The van der Waals surface area contributed by atoms with E-state index in [0.29, 0.717) is 12.1 Å². The Morgan fingerprint density at radius 1 is 1.00 bits per heavy atom. The van der Waals surface area contributed by atoms with Gasteiger partial charge in [-0.2, -0.15) is 15.3 Å². The maximum Gasteiger partial charge on any atom is 0.335 e. The van der Waals surface area contributed by atoms with E-state index >= 15 is 0 Å². The molecule has 0 aliphatic rings. The van der Waals surface area contributed by atoms with Crippen LogP contribution in [0.1, 0.15) is 58.2 Å². The molecule has 0 radical (unpaired) electrons. The standard InChI is InChI=1S/C32H33N7O2/c1-18(2)29-21(5)39(28-15-23-16-37(6)36-31(23)33-20(28)4)35-30(29)25-8-7-9-27-26(25)17-38(34-27)13-12-22-10-11-24(32(40)41)19(3)14-22/h7-11,14-18H,12-13H2,1-6H3,(H,40,41). The van der Waals surface area contributed by atoms with Crippen LogP contribution in [0.3, 0.4) is 0 Å². The smallest absolute Gasteiger partial charge is 0.335 e. The minimum Gasteiger partial charge on any atom is -0.478 e. The van der Waals surface area contributed by atoms with Crippen LogP contribution in [0.25, 0.3) is 38.9 Å². The van der Waals surface area contributed by atoms with Gasteiger partial charge in [-0.05, 0) is 62.4 Å². The van der Waals surface area contributed by atoms with E-state index < -0.39 is 5.97 Å². The van der Waals surface area contributed by atoms with Crippen molar-refractivity contribution < 1.29 is 9.90 Å². The number of carboxylic acid groups (broad SMARTS) is 1. The van der Waals surface area contributed by atoms with Crippen LogP contribution in [0.5, 0.6) is 0 Å². The van der Waals surface area contributed by atoms with E-state index in [9.17, 15) is 9.90 Å². The molecule has 1 N–H and O–H groups in total. The van der Waals surface area contributed by atoms with E-state index in [0.717, 1.165) is 67.8 Å². The molecule has 0 bridgehead atoms. The summed E-state index contributed by atoms with van der Waals surface area (Å²) in [5.74, 6) is -0.640. The number of hydrogen-bond donors (Lipinski definition) is 1. The van der Waals surface area contributed by atoms with Gasteiger partial charge in [0.25, 0.3) is 0 Å². The predicted octanol–water partition coefficient (Wildman–Crippen LogP) is 6.16. The maximum atomic E-state index is 11.4. The van der Waals surface area contributed by atoms with Crippen LogP contribution in [0.2, 0.25) is 0 Å². The summed E-state index contributed by atoms with van der Waals surface area (Å²) in [6, 6.07) is 13.8. The number of carbonyl (C=O) groups is 1. The van der Waals surface area contributed by atoms with Crippen LogP contribution in [0, 0.1) is 20.8 Å². The van der Waals surface area contributed by atoms with Gasteiger partial charge >= 0.3 is 5.97 Å². The third-order valence-electron chi connectivity index (χ3n) is 7.74. The van der Waals surface area contributed by atoms with Gasteiger partial charge in [0.1, 0.15) is 0 Å². The number of nitrogens with zero attached hydrogens (tertiary/aromatic N) is 7. The zero-order valence-electron chi connectivity index (χ0n) is 24.2. The molecule has 9 nitrogen and oxygen atoms in total. The lowest BCUT2D eigenvalue weighted by Gasteiger charge is -2.10. The van der Waals surface area contributed by atoms with Crippen LogP contribution in [-0.2, 0) is 20.0 Å². The molecule has 0 aliphatic heterocycles. The summed E-state index contributed by atoms with van der Waals surface area (Å²) in [6.45, 7) is 11.0. The van der Waals surface area contributed by atoms with Gasteiger partial charge in [-0.3, -0.25) is 9.36 Å². The van der Waals surface area contributed by atoms with Gasteiger partial charge in [0, 0.05) is 53.6 Å². The quantitative estimate of drug-likeness (QED) is 0.257. The van der Waals surface area contributed by atoms with Crippen LogP contribution < -0.4 is 0 Å². The molecule has 9 heteroatoms. The summed E-state index contributed by atoms with van der Waals surface area (Å²) in [5.41, 5.74) is 9.95. The highest BCUT2D eigenvalue weighted by molar-refractivity contribution is 5.94. The molecule has 4 heterocycles. The molecule has 0 saturated carbocycles. The van der Waals surface area contributed by atoms with Crippen LogP contribution >= 0.6 is 0 Å². The Morgan fingerprint density at radius 3 is 2.54 bits per heavy atom. The van der Waals surface area contributed by atoms with E-state index in [1.807, 2.05) is 60.7 Å². The molecule has 4 aromatic heterocycles. The lowest BCUT2D eigenvalue weighted by Crippen LogP contribution is -2.04. The molecular formula is C32H33N7O2. The van der Waals surface area contributed by atoms with Crippen LogP contribution in [0.4, 0.5) is 0 Å². The van der Waals surface area contributed by atoms with Crippen molar-refractivity contribution >= 4 is 27.9 Å². The summed E-state index contributed by atoms with van der Waals surface area (Å²) in [6.07, 6.45) is 4.82. The minimum absolute atomic E-state index is 0.261. The highest BCUT2D eigenvalue weighted by Gasteiger charge is 2.23. The second-order valence-electron chi connectivity index (χ2n) is 11.1. The molecule has 0 spiro atoms. The van der Waals surface area contributed by atoms with E-state index in [2.05, 4.69) is 44.2 Å². The fourth-order valence-electron chi connectivity index (χ4n) is 5.78. The minimum atomic E-state index is -0.901. The summed E-state index contributed by atoms with van der Waals surface area (Å²) >= 11 is 0. The molecule has 0 atom stereocenters. The Hall–Kier alpha value is -4.79. The van der Waals surface area contributed by atoms with Crippen molar-refractivity contribution in [3.63, 3.8) is 0 Å². The SMILES string of the molecule is Cc1cc(CCn2cc3c(-c4nn(-c5cc6cn(C)nc6nc5C)c(C)c4C(C)C)cccc3n2)ccc1C(=O)O. The van der Waals surface area contributed by atoms with Gasteiger partial charge in [0.2, 0.25) is 0 Å². The number of pyridine rings is 1. The van der Waals surface area contributed by atoms with Crippen LogP contribution in [0.15, 0.2) is 54.9 Å². The molecule has 0 unspecified atom stereocenters. The Kier molecular flexibility index (Phi) is 6.44. The summed E-state index contributed by atoms with van der Waals surface area (Å²) in [5, 5.41) is 25.9. The Bertz CT molecular complexity index is 1960. The number of hydrogen-bond acceptors (Lipinski definition) is 5. The predicted molar refractivity (Wildman–Crippen MR) is 160 cm³/mol.